The molecule has 0 aliphatic heterocycles. The first-order chi connectivity index (χ1) is 4.98. The minimum Gasteiger partial charge on any atom is -0.0851 e. The molecule has 0 aliphatic rings. The lowest BCUT2D eigenvalue weighted by molar-refractivity contribution is 0.500. The van der Waals surface area contributed by atoms with Gasteiger partial charge in [0.15, 0.2) is 0 Å². The highest BCUT2D eigenvalue weighted by Gasteiger charge is 2.10. The smallest absolute Gasteiger partial charge is 0.0176 e. The van der Waals surface area contributed by atoms with Crippen LogP contribution in [0.3, 0.4) is 0 Å². The van der Waals surface area contributed by atoms with Crippen molar-refractivity contribution < 1.29 is 0 Å². The SMILES string of the molecule is CCCCC=C(C)C(C)(C)C. The van der Waals surface area contributed by atoms with Crippen LogP contribution in [0.4, 0.5) is 0 Å². The van der Waals surface area contributed by atoms with Crippen molar-refractivity contribution in [3.63, 3.8) is 0 Å². The third kappa shape index (κ3) is 5.06. The Morgan fingerprint density at radius 2 is 1.82 bits per heavy atom. The van der Waals surface area contributed by atoms with E-state index in [1.165, 1.54) is 24.8 Å². The van der Waals surface area contributed by atoms with Gasteiger partial charge in [-0.15, -0.1) is 0 Å². The average molecular weight is 154 g/mol. The Morgan fingerprint density at radius 3 is 2.18 bits per heavy atom. The summed E-state index contributed by atoms with van der Waals surface area (Å²) in [7, 11) is 0. The lowest BCUT2D eigenvalue weighted by Crippen LogP contribution is -2.06. The molecule has 0 nitrogen and oxygen atoms in total. The van der Waals surface area contributed by atoms with Crippen molar-refractivity contribution >= 4 is 0 Å². The number of hydrogen-bond acceptors (Lipinski definition) is 0. The van der Waals surface area contributed by atoms with Gasteiger partial charge in [0, 0.05) is 0 Å². The van der Waals surface area contributed by atoms with Crippen LogP contribution in [0.25, 0.3) is 0 Å². The minimum atomic E-state index is 0.369. The van der Waals surface area contributed by atoms with Gasteiger partial charge in [-0.3, -0.25) is 0 Å². The van der Waals surface area contributed by atoms with Crippen LogP contribution in [0.15, 0.2) is 11.6 Å². The molecule has 0 aromatic heterocycles. The van der Waals surface area contributed by atoms with Crippen molar-refractivity contribution in [2.75, 3.05) is 0 Å². The Morgan fingerprint density at radius 1 is 1.27 bits per heavy atom. The molecule has 0 spiro atoms. The summed E-state index contributed by atoms with van der Waals surface area (Å²) in [4.78, 5) is 0. The second-order valence-corrected chi connectivity index (χ2v) is 4.28. The molecule has 0 bridgehead atoms. The Kier molecular flexibility index (Phi) is 4.48. The van der Waals surface area contributed by atoms with Gasteiger partial charge in [0.05, 0.1) is 0 Å². The van der Waals surface area contributed by atoms with E-state index in [9.17, 15) is 0 Å². The Labute approximate surface area is 71.7 Å². The van der Waals surface area contributed by atoms with Gasteiger partial charge < -0.3 is 0 Å². The fourth-order valence-electron chi connectivity index (χ4n) is 0.829. The van der Waals surface area contributed by atoms with Crippen LogP contribution in [0, 0.1) is 5.41 Å². The lowest BCUT2D eigenvalue weighted by atomic mass is 9.87. The Bertz CT molecular complexity index is 123. The van der Waals surface area contributed by atoms with Crippen LogP contribution >= 0.6 is 0 Å². The molecular formula is C11H22. The van der Waals surface area contributed by atoms with Crippen LogP contribution in [-0.4, -0.2) is 0 Å². The molecule has 0 heteroatoms. The van der Waals surface area contributed by atoms with E-state index in [1.807, 2.05) is 0 Å². The molecule has 0 fully saturated rings. The zero-order chi connectivity index (χ0) is 8.91. The van der Waals surface area contributed by atoms with Crippen molar-refractivity contribution in [1.29, 1.82) is 0 Å². The van der Waals surface area contributed by atoms with Gasteiger partial charge in [-0.25, -0.2) is 0 Å². The highest BCUT2D eigenvalue weighted by atomic mass is 14.2. The second kappa shape index (κ2) is 4.58. The van der Waals surface area contributed by atoms with Crippen LogP contribution in [0.1, 0.15) is 53.9 Å². The monoisotopic (exact) mass is 154 g/mol. The number of hydrogen-bond donors (Lipinski definition) is 0. The van der Waals surface area contributed by atoms with Crippen LogP contribution < -0.4 is 0 Å². The molecule has 0 atom stereocenters. The van der Waals surface area contributed by atoms with E-state index in [1.54, 1.807) is 0 Å². The molecule has 0 heterocycles. The molecule has 11 heavy (non-hydrogen) atoms. The highest BCUT2D eigenvalue weighted by molar-refractivity contribution is 5.06. The topological polar surface area (TPSA) is 0 Å². The van der Waals surface area contributed by atoms with Crippen LogP contribution in [0.2, 0.25) is 0 Å². The number of unbranched alkanes of at least 4 members (excludes halogenated alkanes) is 2. The minimum absolute atomic E-state index is 0.369. The van der Waals surface area contributed by atoms with Crippen molar-refractivity contribution in [3.8, 4) is 0 Å². The maximum Gasteiger partial charge on any atom is -0.0176 e. The molecule has 0 N–H and O–H groups in total. The molecule has 0 unspecified atom stereocenters. The standard InChI is InChI=1S/C11H22/c1-6-7-8-9-10(2)11(3,4)5/h9H,6-8H2,1-5H3. The molecule has 0 radical (unpaired) electrons. The van der Waals surface area contributed by atoms with Crippen molar-refractivity contribution in [2.24, 2.45) is 5.41 Å². The fourth-order valence-corrected chi connectivity index (χ4v) is 0.829. The van der Waals surface area contributed by atoms with Crippen molar-refractivity contribution in [3.05, 3.63) is 11.6 Å². The molecule has 0 aliphatic carbocycles. The molecule has 0 saturated carbocycles. The molecule has 0 aromatic rings. The zero-order valence-electron chi connectivity index (χ0n) is 8.70. The van der Waals surface area contributed by atoms with Gasteiger partial charge in [-0.1, -0.05) is 52.2 Å². The van der Waals surface area contributed by atoms with Gasteiger partial charge >= 0.3 is 0 Å². The highest BCUT2D eigenvalue weighted by Crippen LogP contribution is 2.24. The summed E-state index contributed by atoms with van der Waals surface area (Å²) in [6, 6.07) is 0. The summed E-state index contributed by atoms with van der Waals surface area (Å²) in [5.41, 5.74) is 1.89. The summed E-state index contributed by atoms with van der Waals surface area (Å²) in [6.45, 7) is 11.3. The number of rotatable bonds is 3. The number of allylic oxidation sites excluding steroid dienone is 2. The Balaban J connectivity index is 3.81. The first-order valence-corrected chi connectivity index (χ1v) is 4.65. The van der Waals surface area contributed by atoms with Crippen molar-refractivity contribution in [1.82, 2.24) is 0 Å². The predicted molar refractivity (Wildman–Crippen MR) is 52.7 cm³/mol. The molecule has 0 saturated heterocycles. The fraction of sp³-hybridized carbons (Fsp3) is 0.818. The summed E-state index contributed by atoms with van der Waals surface area (Å²) in [5, 5.41) is 0. The lowest BCUT2D eigenvalue weighted by Gasteiger charge is -2.19. The summed E-state index contributed by atoms with van der Waals surface area (Å²) in [6.07, 6.45) is 6.25. The second-order valence-electron chi connectivity index (χ2n) is 4.28. The molecule has 0 rings (SSSR count). The molecule has 66 valence electrons. The van der Waals surface area contributed by atoms with Crippen molar-refractivity contribution in [2.45, 2.75) is 53.9 Å². The summed E-state index contributed by atoms with van der Waals surface area (Å²) in [5.74, 6) is 0. The molecule has 0 amide bonds. The Hall–Kier alpha value is -0.260. The molecule has 0 aromatic carbocycles. The molecular weight excluding hydrogens is 132 g/mol. The van der Waals surface area contributed by atoms with Gasteiger partial charge in [-0.05, 0) is 18.8 Å². The first kappa shape index (κ1) is 10.7. The third-order valence-corrected chi connectivity index (χ3v) is 2.19. The summed E-state index contributed by atoms with van der Waals surface area (Å²) < 4.78 is 0. The van der Waals surface area contributed by atoms with Crippen LogP contribution in [0.5, 0.6) is 0 Å². The van der Waals surface area contributed by atoms with E-state index in [4.69, 9.17) is 0 Å². The maximum atomic E-state index is 2.38. The average Bonchev–Trinajstić information content (AvgIpc) is 1.86. The van der Waals surface area contributed by atoms with Crippen LogP contribution in [-0.2, 0) is 0 Å². The van der Waals surface area contributed by atoms with E-state index < -0.39 is 0 Å². The van der Waals surface area contributed by atoms with E-state index in [2.05, 4.69) is 40.7 Å². The van der Waals surface area contributed by atoms with E-state index in [-0.39, 0.29) is 0 Å². The predicted octanol–water partition coefficient (Wildman–Crippen LogP) is 4.17. The van der Waals surface area contributed by atoms with E-state index in [0.717, 1.165) is 0 Å². The zero-order valence-corrected chi connectivity index (χ0v) is 8.70. The maximum absolute atomic E-state index is 2.38. The quantitative estimate of drug-likeness (QED) is 0.423. The van der Waals surface area contributed by atoms with E-state index >= 15 is 0 Å². The van der Waals surface area contributed by atoms with Gasteiger partial charge in [0.2, 0.25) is 0 Å². The summed E-state index contributed by atoms with van der Waals surface area (Å²) >= 11 is 0. The van der Waals surface area contributed by atoms with Gasteiger partial charge in [-0.2, -0.15) is 0 Å². The van der Waals surface area contributed by atoms with Gasteiger partial charge in [0.1, 0.15) is 0 Å². The largest absolute Gasteiger partial charge is 0.0851 e. The van der Waals surface area contributed by atoms with Gasteiger partial charge in [0.25, 0.3) is 0 Å². The normalized spacial score (nSPS) is 13.7. The van der Waals surface area contributed by atoms with E-state index in [0.29, 0.717) is 5.41 Å². The third-order valence-electron chi connectivity index (χ3n) is 2.19. The first-order valence-electron chi connectivity index (χ1n) is 4.65.